The molecule has 1 aromatic heterocycles. The van der Waals surface area contributed by atoms with Crippen molar-refractivity contribution in [3.8, 4) is 0 Å². The molecule has 0 atom stereocenters. The Bertz CT molecular complexity index is 496. The molecule has 6 nitrogen and oxygen atoms in total. The highest BCUT2D eigenvalue weighted by atomic mass is 16.3. The largest absolute Gasteiger partial charge is 0.392 e. The van der Waals surface area contributed by atoms with E-state index in [2.05, 4.69) is 15.4 Å². The molecule has 2 rings (SSSR count). The first-order valence-corrected chi connectivity index (χ1v) is 5.10. The molecule has 0 bridgehead atoms. The molecule has 88 valence electrons. The Morgan fingerprint density at radius 1 is 1.47 bits per heavy atom. The second kappa shape index (κ2) is 5.22. The monoisotopic (exact) mass is 232 g/mol. The fourth-order valence-corrected chi connectivity index (χ4v) is 1.41. The smallest absolute Gasteiger partial charge is 0.246 e. The molecule has 0 saturated heterocycles. The van der Waals surface area contributed by atoms with Crippen molar-refractivity contribution < 1.29 is 9.90 Å². The van der Waals surface area contributed by atoms with Crippen molar-refractivity contribution in [2.24, 2.45) is 0 Å². The Hall–Kier alpha value is -2.21. The predicted molar refractivity (Wildman–Crippen MR) is 61.0 cm³/mol. The van der Waals surface area contributed by atoms with E-state index in [0.717, 1.165) is 5.56 Å². The highest BCUT2D eigenvalue weighted by Gasteiger charge is 2.04. The van der Waals surface area contributed by atoms with Crippen LogP contribution >= 0.6 is 0 Å². The molecule has 0 aliphatic carbocycles. The van der Waals surface area contributed by atoms with E-state index >= 15 is 0 Å². The summed E-state index contributed by atoms with van der Waals surface area (Å²) in [5.41, 5.74) is 1.41. The molecule has 0 spiro atoms. The van der Waals surface area contributed by atoms with Crippen LogP contribution in [0, 0.1) is 0 Å². The maximum Gasteiger partial charge on any atom is 0.246 e. The quantitative estimate of drug-likeness (QED) is 0.800. The number of hydrogen-bond donors (Lipinski definition) is 2. The third-order valence-corrected chi connectivity index (χ3v) is 2.17. The van der Waals surface area contributed by atoms with Gasteiger partial charge in [0.1, 0.15) is 19.2 Å². The molecular formula is C11H12N4O2. The number of aliphatic hydroxyl groups excluding tert-OH is 1. The third kappa shape index (κ3) is 3.12. The van der Waals surface area contributed by atoms with Crippen LogP contribution in [0.5, 0.6) is 0 Å². The second-order valence-corrected chi connectivity index (χ2v) is 3.50. The van der Waals surface area contributed by atoms with Gasteiger partial charge in [-0.1, -0.05) is 12.1 Å². The number of anilines is 1. The third-order valence-electron chi connectivity index (χ3n) is 2.17. The van der Waals surface area contributed by atoms with Gasteiger partial charge >= 0.3 is 0 Å². The van der Waals surface area contributed by atoms with E-state index in [0.29, 0.717) is 5.69 Å². The topological polar surface area (TPSA) is 80.0 Å². The summed E-state index contributed by atoms with van der Waals surface area (Å²) in [6.07, 6.45) is 2.85. The zero-order chi connectivity index (χ0) is 12.1. The van der Waals surface area contributed by atoms with Crippen LogP contribution in [0.25, 0.3) is 0 Å². The van der Waals surface area contributed by atoms with Gasteiger partial charge in [-0.05, 0) is 17.7 Å². The predicted octanol–water partition coefficient (Wildman–Crippen LogP) is 0.409. The van der Waals surface area contributed by atoms with Crippen LogP contribution < -0.4 is 5.32 Å². The molecule has 2 aromatic rings. The molecule has 0 radical (unpaired) electrons. The average Bonchev–Trinajstić information content (AvgIpc) is 2.82. The van der Waals surface area contributed by atoms with Crippen molar-refractivity contribution in [2.45, 2.75) is 13.2 Å². The Labute approximate surface area is 97.9 Å². The molecule has 0 saturated carbocycles. The van der Waals surface area contributed by atoms with Crippen molar-refractivity contribution in [1.29, 1.82) is 0 Å². The average molecular weight is 232 g/mol. The minimum Gasteiger partial charge on any atom is -0.392 e. The van der Waals surface area contributed by atoms with Crippen LogP contribution in [0.4, 0.5) is 5.69 Å². The maximum absolute atomic E-state index is 11.6. The molecule has 0 aliphatic heterocycles. The summed E-state index contributed by atoms with van der Waals surface area (Å²) in [6, 6.07) is 7.04. The van der Waals surface area contributed by atoms with Crippen LogP contribution in [0.15, 0.2) is 36.9 Å². The van der Waals surface area contributed by atoms with Crippen LogP contribution in [-0.2, 0) is 17.9 Å². The molecule has 0 unspecified atom stereocenters. The van der Waals surface area contributed by atoms with E-state index in [9.17, 15) is 4.79 Å². The lowest BCUT2D eigenvalue weighted by Gasteiger charge is -2.06. The summed E-state index contributed by atoms with van der Waals surface area (Å²) < 4.78 is 1.44. The Kier molecular flexibility index (Phi) is 3.46. The fourth-order valence-electron chi connectivity index (χ4n) is 1.41. The molecule has 2 N–H and O–H groups in total. The SMILES string of the molecule is O=C(Cn1cncn1)Nc1cccc(CO)c1. The summed E-state index contributed by atoms with van der Waals surface area (Å²) in [7, 11) is 0. The lowest BCUT2D eigenvalue weighted by atomic mass is 10.2. The standard InChI is InChI=1S/C11H12N4O2/c16-6-9-2-1-3-10(4-9)14-11(17)5-15-8-12-7-13-15/h1-4,7-8,16H,5-6H2,(H,14,17). The lowest BCUT2D eigenvalue weighted by Crippen LogP contribution is -2.19. The Morgan fingerprint density at radius 3 is 3.06 bits per heavy atom. The highest BCUT2D eigenvalue weighted by Crippen LogP contribution is 2.10. The number of nitrogens with one attached hydrogen (secondary N) is 1. The van der Waals surface area contributed by atoms with E-state index in [1.165, 1.54) is 17.3 Å². The lowest BCUT2D eigenvalue weighted by molar-refractivity contribution is -0.116. The van der Waals surface area contributed by atoms with Crippen LogP contribution in [0.2, 0.25) is 0 Å². The molecule has 0 fully saturated rings. The highest BCUT2D eigenvalue weighted by molar-refractivity contribution is 5.90. The van der Waals surface area contributed by atoms with Crippen LogP contribution in [-0.4, -0.2) is 25.8 Å². The van der Waals surface area contributed by atoms with Crippen molar-refractivity contribution in [2.75, 3.05) is 5.32 Å². The number of hydrogen-bond acceptors (Lipinski definition) is 4. The van der Waals surface area contributed by atoms with Gasteiger partial charge in [0.15, 0.2) is 0 Å². The first-order chi connectivity index (χ1) is 8.28. The van der Waals surface area contributed by atoms with E-state index in [-0.39, 0.29) is 19.1 Å². The molecule has 17 heavy (non-hydrogen) atoms. The number of amides is 1. The number of rotatable bonds is 4. The Balaban J connectivity index is 1.98. The normalized spacial score (nSPS) is 10.2. The van der Waals surface area contributed by atoms with E-state index in [1.54, 1.807) is 24.3 Å². The van der Waals surface area contributed by atoms with Crippen molar-refractivity contribution in [3.63, 3.8) is 0 Å². The van der Waals surface area contributed by atoms with Crippen LogP contribution in [0.3, 0.4) is 0 Å². The molecule has 6 heteroatoms. The zero-order valence-electron chi connectivity index (χ0n) is 9.08. The van der Waals surface area contributed by atoms with Crippen molar-refractivity contribution in [1.82, 2.24) is 14.8 Å². The number of aromatic nitrogens is 3. The summed E-state index contributed by atoms with van der Waals surface area (Å²) in [4.78, 5) is 15.4. The van der Waals surface area contributed by atoms with Crippen molar-refractivity contribution in [3.05, 3.63) is 42.5 Å². The van der Waals surface area contributed by atoms with E-state index in [1.807, 2.05) is 0 Å². The maximum atomic E-state index is 11.6. The summed E-state index contributed by atoms with van der Waals surface area (Å²) in [5, 5.41) is 15.5. The van der Waals surface area contributed by atoms with Gasteiger partial charge < -0.3 is 10.4 Å². The van der Waals surface area contributed by atoms with E-state index in [4.69, 9.17) is 5.11 Å². The van der Waals surface area contributed by atoms with Gasteiger partial charge in [0.2, 0.25) is 5.91 Å². The van der Waals surface area contributed by atoms with Gasteiger partial charge in [0.25, 0.3) is 0 Å². The molecule has 0 aliphatic rings. The van der Waals surface area contributed by atoms with Gasteiger partial charge in [0.05, 0.1) is 6.61 Å². The van der Waals surface area contributed by atoms with Gasteiger partial charge in [-0.2, -0.15) is 5.10 Å². The fraction of sp³-hybridized carbons (Fsp3) is 0.182. The molecular weight excluding hydrogens is 220 g/mol. The minimum atomic E-state index is -0.189. The summed E-state index contributed by atoms with van der Waals surface area (Å²) >= 11 is 0. The first-order valence-electron chi connectivity index (χ1n) is 5.10. The number of carbonyl (C=O) groups is 1. The van der Waals surface area contributed by atoms with Gasteiger partial charge in [-0.3, -0.25) is 4.79 Å². The zero-order valence-corrected chi connectivity index (χ0v) is 9.08. The Morgan fingerprint density at radius 2 is 2.35 bits per heavy atom. The van der Waals surface area contributed by atoms with Gasteiger partial charge in [-0.15, -0.1) is 0 Å². The van der Waals surface area contributed by atoms with Crippen molar-refractivity contribution >= 4 is 11.6 Å². The number of benzene rings is 1. The molecule has 1 aromatic carbocycles. The first kappa shape index (κ1) is 11.3. The van der Waals surface area contributed by atoms with Crippen LogP contribution in [0.1, 0.15) is 5.56 Å². The molecule has 1 heterocycles. The van der Waals surface area contributed by atoms with E-state index < -0.39 is 0 Å². The molecule has 1 amide bonds. The van der Waals surface area contributed by atoms with Gasteiger partial charge in [-0.25, -0.2) is 9.67 Å². The second-order valence-electron chi connectivity index (χ2n) is 3.50. The number of aliphatic hydroxyl groups is 1. The summed E-state index contributed by atoms with van der Waals surface area (Å²) in [5.74, 6) is -0.189. The number of nitrogens with zero attached hydrogens (tertiary/aromatic N) is 3. The van der Waals surface area contributed by atoms with Gasteiger partial charge in [0, 0.05) is 5.69 Å². The summed E-state index contributed by atoms with van der Waals surface area (Å²) in [6.45, 7) is 0.0656. The minimum absolute atomic E-state index is 0.0488. The number of carbonyl (C=O) groups excluding carboxylic acids is 1.